The van der Waals surface area contributed by atoms with E-state index in [2.05, 4.69) is 66.7 Å². The smallest absolute Gasteiger partial charge is 0.244 e. The molecule has 27 heavy (non-hydrogen) atoms. The third kappa shape index (κ3) is 4.76. The summed E-state index contributed by atoms with van der Waals surface area (Å²) in [4.78, 5) is 9.39. The van der Waals surface area contributed by atoms with Crippen molar-refractivity contribution in [1.29, 1.82) is 0 Å². The summed E-state index contributed by atoms with van der Waals surface area (Å²) in [5, 5.41) is 11.7. The van der Waals surface area contributed by atoms with Crippen molar-refractivity contribution in [3.63, 3.8) is 0 Å². The fraction of sp³-hybridized carbons (Fsp3) is 0.476. The Kier molecular flexibility index (Phi) is 5.82. The van der Waals surface area contributed by atoms with Gasteiger partial charge in [-0.1, -0.05) is 29.8 Å². The molecule has 0 bridgehead atoms. The quantitative estimate of drug-likeness (QED) is 0.792. The Hall–Kier alpha value is -2.63. The Morgan fingerprint density at radius 1 is 0.963 bits per heavy atom. The van der Waals surface area contributed by atoms with Crippen LogP contribution in [0.1, 0.15) is 32.1 Å². The molecule has 1 fully saturated rings. The highest BCUT2D eigenvalue weighted by Gasteiger charge is 2.19. The molecule has 4 rings (SSSR count). The van der Waals surface area contributed by atoms with Gasteiger partial charge in [-0.3, -0.25) is 0 Å². The fourth-order valence-corrected chi connectivity index (χ4v) is 3.82. The van der Waals surface area contributed by atoms with Crippen LogP contribution in [0.3, 0.4) is 0 Å². The minimum Gasteiger partial charge on any atom is -0.368 e. The van der Waals surface area contributed by atoms with Gasteiger partial charge in [0.15, 0.2) is 5.82 Å². The number of rotatable bonds is 6. The molecule has 0 atom stereocenters. The van der Waals surface area contributed by atoms with Gasteiger partial charge < -0.3 is 15.1 Å². The summed E-state index contributed by atoms with van der Waals surface area (Å²) in [6, 6.07) is 10.6. The van der Waals surface area contributed by atoms with Gasteiger partial charge in [-0.25, -0.2) is 0 Å². The van der Waals surface area contributed by atoms with E-state index in [1.807, 2.05) is 0 Å². The van der Waals surface area contributed by atoms with E-state index in [1.54, 1.807) is 11.8 Å². The highest BCUT2D eigenvalue weighted by molar-refractivity contribution is 5.49. The van der Waals surface area contributed by atoms with Crippen LogP contribution in [0.4, 0.5) is 17.5 Å². The molecular weight excluding hydrogens is 336 g/mol. The van der Waals surface area contributed by atoms with Gasteiger partial charge in [0.25, 0.3) is 0 Å². The molecule has 2 aromatic rings. The maximum atomic E-state index is 4.68. The van der Waals surface area contributed by atoms with Gasteiger partial charge in [-0.2, -0.15) is 10.1 Å². The average Bonchev–Trinajstić information content (AvgIpc) is 2.76. The van der Waals surface area contributed by atoms with Gasteiger partial charge in [0, 0.05) is 38.4 Å². The average molecular weight is 364 g/mol. The third-order valence-electron chi connectivity index (χ3n) is 5.39. The first-order valence-corrected chi connectivity index (χ1v) is 10.0. The summed E-state index contributed by atoms with van der Waals surface area (Å²) < 4.78 is 0. The van der Waals surface area contributed by atoms with Gasteiger partial charge in [-0.15, -0.1) is 5.10 Å². The highest BCUT2D eigenvalue weighted by Crippen LogP contribution is 2.21. The van der Waals surface area contributed by atoms with E-state index in [0.29, 0.717) is 5.95 Å². The van der Waals surface area contributed by atoms with Crippen LogP contribution in [0.2, 0.25) is 0 Å². The second-order valence-electron chi connectivity index (χ2n) is 7.23. The van der Waals surface area contributed by atoms with E-state index in [9.17, 15) is 0 Å². The van der Waals surface area contributed by atoms with Gasteiger partial charge in [0.05, 0.1) is 6.20 Å². The topological polar surface area (TPSA) is 57.2 Å². The summed E-state index contributed by atoms with van der Waals surface area (Å²) >= 11 is 0. The highest BCUT2D eigenvalue weighted by atomic mass is 15.3. The Balaban J connectivity index is 1.29. The van der Waals surface area contributed by atoms with Crippen molar-refractivity contribution in [2.45, 2.75) is 32.1 Å². The van der Waals surface area contributed by atoms with Crippen LogP contribution in [-0.4, -0.2) is 47.9 Å². The van der Waals surface area contributed by atoms with Crippen LogP contribution in [0.25, 0.3) is 0 Å². The number of para-hydroxylation sites is 1. The number of anilines is 3. The molecule has 1 aromatic heterocycles. The molecule has 2 aliphatic rings. The normalized spacial score (nSPS) is 17.6. The number of nitrogens with zero attached hydrogens (tertiary/aromatic N) is 5. The first kappa shape index (κ1) is 17.8. The van der Waals surface area contributed by atoms with Crippen molar-refractivity contribution in [2.24, 2.45) is 0 Å². The minimum atomic E-state index is 0.634. The van der Waals surface area contributed by atoms with E-state index >= 15 is 0 Å². The molecule has 1 aliphatic heterocycles. The molecule has 2 heterocycles. The number of hydrogen-bond acceptors (Lipinski definition) is 6. The summed E-state index contributed by atoms with van der Waals surface area (Å²) in [6.45, 7) is 4.74. The third-order valence-corrected chi connectivity index (χ3v) is 5.39. The molecule has 0 radical (unpaired) electrons. The summed E-state index contributed by atoms with van der Waals surface area (Å²) in [5.41, 5.74) is 2.85. The second kappa shape index (κ2) is 8.84. The predicted molar refractivity (Wildman–Crippen MR) is 110 cm³/mol. The lowest BCUT2D eigenvalue weighted by Crippen LogP contribution is -2.46. The molecule has 1 saturated heterocycles. The van der Waals surface area contributed by atoms with Crippen LogP contribution in [0.15, 0.2) is 48.2 Å². The van der Waals surface area contributed by atoms with Gasteiger partial charge in [-0.05, 0) is 44.2 Å². The zero-order chi connectivity index (χ0) is 18.3. The number of aromatic nitrogens is 3. The lowest BCUT2D eigenvalue weighted by atomic mass is 9.97. The first-order chi connectivity index (χ1) is 13.4. The molecule has 0 unspecified atom stereocenters. The lowest BCUT2D eigenvalue weighted by Gasteiger charge is -2.36. The first-order valence-electron chi connectivity index (χ1n) is 10.0. The summed E-state index contributed by atoms with van der Waals surface area (Å²) in [5.74, 6) is 1.55. The van der Waals surface area contributed by atoms with Gasteiger partial charge in [0.1, 0.15) is 0 Å². The van der Waals surface area contributed by atoms with E-state index in [0.717, 1.165) is 45.0 Å². The van der Waals surface area contributed by atoms with Gasteiger partial charge >= 0.3 is 0 Å². The van der Waals surface area contributed by atoms with E-state index in [-0.39, 0.29) is 0 Å². The monoisotopic (exact) mass is 364 g/mol. The zero-order valence-corrected chi connectivity index (χ0v) is 15.8. The standard InChI is InChI=1S/C21H28N6/c1-3-7-18(8-4-1)11-12-22-21-24-20(17-23-25-21)27-15-13-26(14-16-27)19-9-5-2-6-10-19/h2,5-7,9-10,17H,1,3-4,8,11-16H2,(H,22,24,25). The number of piperazine rings is 1. The lowest BCUT2D eigenvalue weighted by molar-refractivity contribution is 0.644. The van der Waals surface area contributed by atoms with Crippen LogP contribution in [0, 0.1) is 0 Å². The molecule has 1 aromatic carbocycles. The Morgan fingerprint density at radius 2 is 1.78 bits per heavy atom. The van der Waals surface area contributed by atoms with Crippen molar-refractivity contribution in [1.82, 2.24) is 15.2 Å². The number of hydrogen-bond donors (Lipinski definition) is 1. The van der Waals surface area contributed by atoms with Crippen LogP contribution >= 0.6 is 0 Å². The molecule has 142 valence electrons. The molecule has 1 aliphatic carbocycles. The second-order valence-corrected chi connectivity index (χ2v) is 7.23. The fourth-order valence-electron chi connectivity index (χ4n) is 3.82. The maximum absolute atomic E-state index is 4.68. The minimum absolute atomic E-state index is 0.634. The number of allylic oxidation sites excluding steroid dienone is 1. The molecule has 0 amide bonds. The molecule has 1 N–H and O–H groups in total. The van der Waals surface area contributed by atoms with Crippen molar-refractivity contribution < 1.29 is 0 Å². The Morgan fingerprint density at radius 3 is 2.56 bits per heavy atom. The van der Waals surface area contributed by atoms with Gasteiger partial charge in [0.2, 0.25) is 5.95 Å². The Bertz CT molecular complexity index is 752. The SMILES string of the molecule is C1=C(CCNc2nncc(N3CCN(c4ccccc4)CC3)n2)CCCC1. The Labute approximate surface area is 161 Å². The van der Waals surface area contributed by atoms with Crippen molar-refractivity contribution in [2.75, 3.05) is 47.8 Å². The van der Waals surface area contributed by atoms with Crippen LogP contribution < -0.4 is 15.1 Å². The van der Waals surface area contributed by atoms with Crippen molar-refractivity contribution in [3.05, 3.63) is 48.2 Å². The largest absolute Gasteiger partial charge is 0.368 e. The van der Waals surface area contributed by atoms with E-state index in [4.69, 9.17) is 0 Å². The molecule has 0 spiro atoms. The van der Waals surface area contributed by atoms with Crippen LogP contribution in [-0.2, 0) is 0 Å². The maximum Gasteiger partial charge on any atom is 0.244 e. The van der Waals surface area contributed by atoms with Crippen LogP contribution in [0.5, 0.6) is 0 Å². The van der Waals surface area contributed by atoms with Crippen molar-refractivity contribution >= 4 is 17.5 Å². The molecule has 0 saturated carbocycles. The molecular formula is C21H28N6. The molecule has 6 heteroatoms. The van der Waals surface area contributed by atoms with E-state index in [1.165, 1.54) is 31.4 Å². The predicted octanol–water partition coefficient (Wildman–Crippen LogP) is 3.50. The molecule has 6 nitrogen and oxygen atoms in total. The number of nitrogens with one attached hydrogen (secondary N) is 1. The summed E-state index contributed by atoms with van der Waals surface area (Å²) in [6.07, 6.45) is 10.4. The number of benzene rings is 1. The van der Waals surface area contributed by atoms with E-state index < -0.39 is 0 Å². The summed E-state index contributed by atoms with van der Waals surface area (Å²) in [7, 11) is 0. The zero-order valence-electron chi connectivity index (χ0n) is 15.8. The van der Waals surface area contributed by atoms with Crippen molar-refractivity contribution in [3.8, 4) is 0 Å².